The van der Waals surface area contributed by atoms with Gasteiger partial charge in [0.2, 0.25) is 0 Å². The van der Waals surface area contributed by atoms with Gasteiger partial charge in [0.15, 0.2) is 0 Å². The van der Waals surface area contributed by atoms with Crippen molar-refractivity contribution in [1.29, 1.82) is 0 Å². The molecular formula is C20H17ClN2O4S. The fourth-order valence-electron chi connectivity index (χ4n) is 2.46. The number of esters is 1. The quantitative estimate of drug-likeness (QED) is 0.547. The lowest BCUT2D eigenvalue weighted by Gasteiger charge is -2.14. The maximum Gasteiger partial charge on any atom is 0.338 e. The third-order valence-corrected chi connectivity index (χ3v) is 5.04. The van der Waals surface area contributed by atoms with Crippen LogP contribution < -0.4 is 5.32 Å². The van der Waals surface area contributed by atoms with Crippen molar-refractivity contribution in [3.63, 3.8) is 0 Å². The first-order valence-electron chi connectivity index (χ1n) is 8.50. The van der Waals surface area contributed by atoms with E-state index in [4.69, 9.17) is 16.3 Å². The number of nitrogens with zero attached hydrogens (tertiary/aromatic N) is 1. The van der Waals surface area contributed by atoms with Gasteiger partial charge in [0.25, 0.3) is 11.1 Å². The fourth-order valence-corrected chi connectivity index (χ4v) is 3.42. The average molecular weight is 417 g/mol. The van der Waals surface area contributed by atoms with E-state index in [0.717, 1.165) is 22.2 Å². The smallest absolute Gasteiger partial charge is 0.338 e. The summed E-state index contributed by atoms with van der Waals surface area (Å²) in [6, 6.07) is 13.6. The SMILES string of the molecule is CCOC(=O)c1ccc(NCN2C(=O)SC(=Cc3ccc(Cl)cc3)C2=O)cc1. The molecule has 1 N–H and O–H groups in total. The largest absolute Gasteiger partial charge is 0.462 e. The van der Waals surface area contributed by atoms with Gasteiger partial charge in [-0.15, -0.1) is 0 Å². The Labute approximate surface area is 171 Å². The zero-order chi connectivity index (χ0) is 20.1. The molecule has 3 rings (SSSR count). The second-order valence-corrected chi connectivity index (χ2v) is 7.22. The van der Waals surface area contributed by atoms with E-state index in [2.05, 4.69) is 5.32 Å². The number of rotatable bonds is 6. The molecule has 0 saturated carbocycles. The van der Waals surface area contributed by atoms with Crippen molar-refractivity contribution in [3.8, 4) is 0 Å². The summed E-state index contributed by atoms with van der Waals surface area (Å²) in [5, 5.41) is 3.27. The Bertz CT molecular complexity index is 926. The van der Waals surface area contributed by atoms with Gasteiger partial charge in [0.1, 0.15) is 0 Å². The van der Waals surface area contributed by atoms with Gasteiger partial charge in [-0.2, -0.15) is 0 Å². The Morgan fingerprint density at radius 2 is 1.82 bits per heavy atom. The first-order chi connectivity index (χ1) is 13.5. The third-order valence-electron chi connectivity index (χ3n) is 3.88. The summed E-state index contributed by atoms with van der Waals surface area (Å²) < 4.78 is 4.93. The highest BCUT2D eigenvalue weighted by molar-refractivity contribution is 8.18. The normalized spacial score (nSPS) is 15.2. The fraction of sp³-hybridized carbons (Fsp3) is 0.150. The zero-order valence-corrected chi connectivity index (χ0v) is 16.5. The number of ether oxygens (including phenoxy) is 1. The van der Waals surface area contributed by atoms with Crippen LogP contribution in [0, 0.1) is 0 Å². The van der Waals surface area contributed by atoms with Gasteiger partial charge in [0, 0.05) is 10.7 Å². The molecule has 0 spiro atoms. The van der Waals surface area contributed by atoms with Crippen LogP contribution in [0.1, 0.15) is 22.8 Å². The molecule has 0 atom stereocenters. The number of halogens is 1. The predicted octanol–water partition coefficient (Wildman–Crippen LogP) is 4.62. The van der Waals surface area contributed by atoms with Crippen molar-refractivity contribution in [2.24, 2.45) is 0 Å². The number of carbonyl (C=O) groups excluding carboxylic acids is 3. The van der Waals surface area contributed by atoms with Crippen LogP contribution in [0.2, 0.25) is 5.02 Å². The van der Waals surface area contributed by atoms with Crippen molar-refractivity contribution >= 4 is 52.2 Å². The lowest BCUT2D eigenvalue weighted by Crippen LogP contribution is -2.33. The number of benzene rings is 2. The molecule has 1 heterocycles. The Hall–Kier alpha value is -2.77. The van der Waals surface area contributed by atoms with E-state index >= 15 is 0 Å². The molecule has 0 aromatic heterocycles. The molecule has 0 radical (unpaired) electrons. The Morgan fingerprint density at radius 1 is 1.14 bits per heavy atom. The number of hydrogen-bond acceptors (Lipinski definition) is 6. The molecule has 2 amide bonds. The van der Waals surface area contributed by atoms with E-state index in [1.165, 1.54) is 0 Å². The number of carbonyl (C=O) groups is 3. The first kappa shape index (κ1) is 20.0. The van der Waals surface area contributed by atoms with Crippen LogP contribution in [0.15, 0.2) is 53.4 Å². The van der Waals surface area contributed by atoms with Gasteiger partial charge in [0.05, 0.1) is 23.7 Å². The second kappa shape index (κ2) is 8.95. The van der Waals surface area contributed by atoms with Crippen LogP contribution in [0.4, 0.5) is 10.5 Å². The first-order valence-corrected chi connectivity index (χ1v) is 9.69. The Balaban J connectivity index is 1.63. The minimum Gasteiger partial charge on any atom is -0.462 e. The number of hydrogen-bond donors (Lipinski definition) is 1. The highest BCUT2D eigenvalue weighted by atomic mass is 35.5. The molecule has 2 aromatic carbocycles. The molecule has 1 aliphatic rings. The molecule has 6 nitrogen and oxygen atoms in total. The van der Waals surface area contributed by atoms with E-state index in [-0.39, 0.29) is 17.8 Å². The van der Waals surface area contributed by atoms with Crippen LogP contribution in [0.25, 0.3) is 6.08 Å². The van der Waals surface area contributed by atoms with Crippen LogP contribution >= 0.6 is 23.4 Å². The van der Waals surface area contributed by atoms with E-state index < -0.39 is 5.97 Å². The van der Waals surface area contributed by atoms with Crippen LogP contribution in [-0.4, -0.2) is 35.3 Å². The summed E-state index contributed by atoms with van der Waals surface area (Å²) in [5.41, 5.74) is 1.90. The van der Waals surface area contributed by atoms with Crippen molar-refractivity contribution in [2.75, 3.05) is 18.6 Å². The Morgan fingerprint density at radius 3 is 2.46 bits per heavy atom. The van der Waals surface area contributed by atoms with E-state index in [1.54, 1.807) is 61.5 Å². The molecule has 8 heteroatoms. The molecule has 1 saturated heterocycles. The lowest BCUT2D eigenvalue weighted by molar-refractivity contribution is -0.122. The van der Waals surface area contributed by atoms with E-state index in [9.17, 15) is 14.4 Å². The van der Waals surface area contributed by atoms with Crippen molar-refractivity contribution in [2.45, 2.75) is 6.92 Å². The minimum atomic E-state index is -0.396. The summed E-state index contributed by atoms with van der Waals surface area (Å²) in [6.45, 7) is 2.08. The standard InChI is InChI=1S/C20H17ClN2O4S/c1-2-27-19(25)14-5-9-16(10-6-14)22-12-23-18(24)17(28-20(23)26)11-13-3-7-15(21)8-4-13/h3-11,22H,2,12H2,1H3. The number of thioether (sulfide) groups is 1. The highest BCUT2D eigenvalue weighted by Gasteiger charge is 2.34. The average Bonchev–Trinajstić information content (AvgIpc) is 2.95. The number of amides is 2. The molecule has 2 aromatic rings. The summed E-state index contributed by atoms with van der Waals surface area (Å²) in [4.78, 5) is 37.8. The van der Waals surface area contributed by atoms with Crippen molar-refractivity contribution < 1.29 is 19.1 Å². The number of anilines is 1. The van der Waals surface area contributed by atoms with Crippen molar-refractivity contribution in [3.05, 3.63) is 69.6 Å². The maximum atomic E-state index is 12.5. The van der Waals surface area contributed by atoms with Crippen LogP contribution in [0.3, 0.4) is 0 Å². The topological polar surface area (TPSA) is 75.7 Å². The summed E-state index contributed by atoms with van der Waals surface area (Å²) in [7, 11) is 0. The van der Waals surface area contributed by atoms with Crippen molar-refractivity contribution in [1.82, 2.24) is 4.90 Å². The number of nitrogens with one attached hydrogen (secondary N) is 1. The van der Waals surface area contributed by atoms with Gasteiger partial charge < -0.3 is 10.1 Å². The van der Waals surface area contributed by atoms with Gasteiger partial charge >= 0.3 is 5.97 Å². The second-order valence-electron chi connectivity index (χ2n) is 5.79. The van der Waals surface area contributed by atoms with Crippen LogP contribution in [-0.2, 0) is 9.53 Å². The number of imide groups is 1. The molecule has 0 aliphatic carbocycles. The van der Waals surface area contributed by atoms with Gasteiger partial charge in [-0.25, -0.2) is 4.79 Å². The summed E-state index contributed by atoms with van der Waals surface area (Å²) in [5.74, 6) is -0.757. The van der Waals surface area contributed by atoms with Gasteiger partial charge in [-0.3, -0.25) is 14.5 Å². The van der Waals surface area contributed by atoms with Gasteiger partial charge in [-0.1, -0.05) is 23.7 Å². The van der Waals surface area contributed by atoms with E-state index in [0.29, 0.717) is 27.8 Å². The van der Waals surface area contributed by atoms with Crippen LogP contribution in [0.5, 0.6) is 0 Å². The molecule has 0 bridgehead atoms. The maximum absolute atomic E-state index is 12.5. The molecule has 1 aliphatic heterocycles. The molecule has 144 valence electrons. The molecule has 1 fully saturated rings. The molecule has 0 unspecified atom stereocenters. The molecule has 28 heavy (non-hydrogen) atoms. The Kier molecular flexibility index (Phi) is 6.38. The minimum absolute atomic E-state index is 0.0291. The highest BCUT2D eigenvalue weighted by Crippen LogP contribution is 2.32. The third kappa shape index (κ3) is 4.74. The molecular weight excluding hydrogens is 400 g/mol. The summed E-state index contributed by atoms with van der Waals surface area (Å²) >= 11 is 6.75. The van der Waals surface area contributed by atoms with Gasteiger partial charge in [-0.05, 0) is 66.7 Å². The zero-order valence-electron chi connectivity index (χ0n) is 15.0. The van der Waals surface area contributed by atoms with E-state index in [1.807, 2.05) is 0 Å². The monoisotopic (exact) mass is 416 g/mol. The lowest BCUT2D eigenvalue weighted by atomic mass is 10.2. The predicted molar refractivity (Wildman–Crippen MR) is 110 cm³/mol. The summed E-state index contributed by atoms with van der Waals surface area (Å²) in [6.07, 6.45) is 1.66.